The maximum absolute atomic E-state index is 11.2. The zero-order chi connectivity index (χ0) is 10.3. The molecule has 0 spiro atoms. The van der Waals surface area contributed by atoms with Crippen molar-refractivity contribution < 1.29 is 4.79 Å². The lowest BCUT2D eigenvalue weighted by Gasteiger charge is -2.09. The zero-order valence-electron chi connectivity index (χ0n) is 8.97. The molecule has 0 fully saturated rings. The second-order valence-corrected chi connectivity index (χ2v) is 4.08. The van der Waals surface area contributed by atoms with Crippen molar-refractivity contribution in [2.45, 2.75) is 33.6 Å². The molecule has 1 unspecified atom stereocenters. The molecule has 0 aliphatic rings. The first-order valence-electron chi connectivity index (χ1n) is 5.03. The average molecular weight is 186 g/mol. The van der Waals surface area contributed by atoms with E-state index in [1.807, 2.05) is 6.92 Å². The summed E-state index contributed by atoms with van der Waals surface area (Å²) in [7, 11) is 0. The van der Waals surface area contributed by atoms with Gasteiger partial charge in [-0.25, -0.2) is 0 Å². The highest BCUT2D eigenvalue weighted by atomic mass is 16.1. The molecule has 0 saturated heterocycles. The molecule has 0 aromatic carbocycles. The van der Waals surface area contributed by atoms with Gasteiger partial charge >= 0.3 is 0 Å². The summed E-state index contributed by atoms with van der Waals surface area (Å²) in [6, 6.07) is 0. The second-order valence-electron chi connectivity index (χ2n) is 4.08. The van der Waals surface area contributed by atoms with Crippen LogP contribution in [0.5, 0.6) is 0 Å². The molecule has 0 aromatic rings. The lowest BCUT2D eigenvalue weighted by atomic mass is 10.1. The fourth-order valence-electron chi connectivity index (χ4n) is 0.972. The molecular formula is C10H22N2O. The molecule has 0 rings (SSSR count). The van der Waals surface area contributed by atoms with Gasteiger partial charge in [-0.05, 0) is 24.8 Å². The van der Waals surface area contributed by atoms with Crippen LogP contribution in [0.3, 0.4) is 0 Å². The minimum atomic E-state index is 0.124. The third-order valence-electron chi connectivity index (χ3n) is 1.98. The van der Waals surface area contributed by atoms with Crippen molar-refractivity contribution >= 4 is 5.91 Å². The van der Waals surface area contributed by atoms with Crippen LogP contribution in [0.25, 0.3) is 0 Å². The van der Waals surface area contributed by atoms with Crippen LogP contribution in [0, 0.1) is 11.8 Å². The number of carbonyl (C=O) groups is 1. The van der Waals surface area contributed by atoms with E-state index in [0.717, 1.165) is 13.0 Å². The molecule has 0 heterocycles. The van der Waals surface area contributed by atoms with E-state index in [2.05, 4.69) is 19.2 Å². The predicted octanol–water partition coefficient (Wildman–Crippen LogP) is 1.13. The summed E-state index contributed by atoms with van der Waals surface area (Å²) in [5.74, 6) is 1.06. The quantitative estimate of drug-likeness (QED) is 0.653. The molecule has 0 bridgehead atoms. The summed E-state index contributed by atoms with van der Waals surface area (Å²) in [5, 5.41) is 2.88. The number of hydrogen-bond acceptors (Lipinski definition) is 2. The molecule has 78 valence electrons. The summed E-state index contributed by atoms with van der Waals surface area (Å²) in [4.78, 5) is 11.2. The van der Waals surface area contributed by atoms with Crippen molar-refractivity contribution in [2.24, 2.45) is 17.6 Å². The first kappa shape index (κ1) is 12.4. The summed E-state index contributed by atoms with van der Waals surface area (Å²) in [6.45, 7) is 7.65. The van der Waals surface area contributed by atoms with Gasteiger partial charge in [-0.1, -0.05) is 20.8 Å². The minimum absolute atomic E-state index is 0.124. The highest BCUT2D eigenvalue weighted by Gasteiger charge is 2.06. The monoisotopic (exact) mass is 186 g/mol. The van der Waals surface area contributed by atoms with Crippen molar-refractivity contribution in [1.82, 2.24) is 5.32 Å². The molecule has 1 amide bonds. The molecule has 3 nitrogen and oxygen atoms in total. The van der Waals surface area contributed by atoms with Crippen molar-refractivity contribution in [3.05, 3.63) is 0 Å². The van der Waals surface area contributed by atoms with Gasteiger partial charge in [0.15, 0.2) is 0 Å². The molecule has 13 heavy (non-hydrogen) atoms. The second kappa shape index (κ2) is 6.89. The smallest absolute Gasteiger partial charge is 0.220 e. The van der Waals surface area contributed by atoms with E-state index < -0.39 is 0 Å². The van der Waals surface area contributed by atoms with Crippen molar-refractivity contribution in [1.29, 1.82) is 0 Å². The standard InChI is InChI=1S/C10H22N2O/c1-8(2)4-5-12-10(13)6-9(3)7-11/h8-9H,4-7,11H2,1-3H3,(H,12,13). The first-order chi connectivity index (χ1) is 6.06. The molecular weight excluding hydrogens is 164 g/mol. The number of nitrogens with two attached hydrogens (primary N) is 1. The SMILES string of the molecule is CC(C)CCNC(=O)CC(C)CN. The van der Waals surface area contributed by atoms with Gasteiger partial charge < -0.3 is 11.1 Å². The van der Waals surface area contributed by atoms with Gasteiger partial charge in [-0.15, -0.1) is 0 Å². The van der Waals surface area contributed by atoms with Gasteiger partial charge in [0.25, 0.3) is 0 Å². The highest BCUT2D eigenvalue weighted by Crippen LogP contribution is 1.99. The van der Waals surface area contributed by atoms with Crippen LogP contribution < -0.4 is 11.1 Å². The Kier molecular flexibility index (Phi) is 6.59. The van der Waals surface area contributed by atoms with E-state index in [4.69, 9.17) is 5.73 Å². The number of carbonyl (C=O) groups excluding carboxylic acids is 1. The number of rotatable bonds is 6. The number of amides is 1. The largest absolute Gasteiger partial charge is 0.356 e. The summed E-state index contributed by atoms with van der Waals surface area (Å²) in [6.07, 6.45) is 1.59. The fraction of sp³-hybridized carbons (Fsp3) is 0.900. The van der Waals surface area contributed by atoms with Crippen LogP contribution in [0.1, 0.15) is 33.6 Å². The van der Waals surface area contributed by atoms with Gasteiger partial charge in [0.1, 0.15) is 0 Å². The van der Waals surface area contributed by atoms with Gasteiger partial charge in [-0.3, -0.25) is 4.79 Å². The molecule has 3 N–H and O–H groups in total. The molecule has 0 aliphatic carbocycles. The Hall–Kier alpha value is -0.570. The Morgan fingerprint density at radius 3 is 2.46 bits per heavy atom. The Morgan fingerprint density at radius 1 is 1.38 bits per heavy atom. The Morgan fingerprint density at radius 2 is 2.00 bits per heavy atom. The molecule has 1 atom stereocenters. The van der Waals surface area contributed by atoms with Crippen LogP contribution in [0.15, 0.2) is 0 Å². The fourth-order valence-corrected chi connectivity index (χ4v) is 0.972. The predicted molar refractivity (Wildman–Crippen MR) is 55.3 cm³/mol. The van der Waals surface area contributed by atoms with Crippen molar-refractivity contribution in [2.75, 3.05) is 13.1 Å². The molecule has 0 aliphatic heterocycles. The Balaban J connectivity index is 3.41. The molecule has 0 radical (unpaired) electrons. The van der Waals surface area contributed by atoms with Crippen molar-refractivity contribution in [3.63, 3.8) is 0 Å². The first-order valence-corrected chi connectivity index (χ1v) is 5.03. The van der Waals surface area contributed by atoms with Crippen LogP contribution in [-0.4, -0.2) is 19.0 Å². The summed E-state index contributed by atoms with van der Waals surface area (Å²) < 4.78 is 0. The van der Waals surface area contributed by atoms with E-state index in [1.54, 1.807) is 0 Å². The molecule has 0 saturated carbocycles. The molecule has 3 heteroatoms. The van der Waals surface area contributed by atoms with Gasteiger partial charge in [0.05, 0.1) is 0 Å². The van der Waals surface area contributed by atoms with Crippen LogP contribution >= 0.6 is 0 Å². The highest BCUT2D eigenvalue weighted by molar-refractivity contribution is 5.76. The number of hydrogen-bond donors (Lipinski definition) is 2. The lowest BCUT2D eigenvalue weighted by Crippen LogP contribution is -2.28. The van der Waals surface area contributed by atoms with E-state index in [0.29, 0.717) is 24.8 Å². The third kappa shape index (κ3) is 7.78. The van der Waals surface area contributed by atoms with E-state index >= 15 is 0 Å². The van der Waals surface area contributed by atoms with Gasteiger partial charge in [0, 0.05) is 13.0 Å². The lowest BCUT2D eigenvalue weighted by molar-refractivity contribution is -0.121. The van der Waals surface area contributed by atoms with Gasteiger partial charge in [-0.2, -0.15) is 0 Å². The Labute approximate surface area is 81.1 Å². The number of nitrogens with one attached hydrogen (secondary N) is 1. The maximum Gasteiger partial charge on any atom is 0.220 e. The topological polar surface area (TPSA) is 55.1 Å². The molecule has 0 aromatic heterocycles. The van der Waals surface area contributed by atoms with E-state index in [-0.39, 0.29) is 5.91 Å². The van der Waals surface area contributed by atoms with Crippen LogP contribution in [-0.2, 0) is 4.79 Å². The maximum atomic E-state index is 11.2. The normalized spacial score (nSPS) is 13.0. The van der Waals surface area contributed by atoms with Crippen molar-refractivity contribution in [3.8, 4) is 0 Å². The zero-order valence-corrected chi connectivity index (χ0v) is 8.97. The van der Waals surface area contributed by atoms with Crippen LogP contribution in [0.2, 0.25) is 0 Å². The van der Waals surface area contributed by atoms with E-state index in [1.165, 1.54) is 0 Å². The Bertz CT molecular complexity index is 146. The third-order valence-corrected chi connectivity index (χ3v) is 1.98. The van der Waals surface area contributed by atoms with Gasteiger partial charge in [0.2, 0.25) is 5.91 Å². The summed E-state index contributed by atoms with van der Waals surface area (Å²) >= 11 is 0. The van der Waals surface area contributed by atoms with Crippen LogP contribution in [0.4, 0.5) is 0 Å². The minimum Gasteiger partial charge on any atom is -0.356 e. The average Bonchev–Trinajstić information content (AvgIpc) is 2.03. The van der Waals surface area contributed by atoms with E-state index in [9.17, 15) is 4.79 Å². The summed E-state index contributed by atoms with van der Waals surface area (Å²) in [5.41, 5.74) is 5.42.